The Morgan fingerprint density at radius 2 is 1.81 bits per heavy atom. The van der Waals surface area contributed by atoms with Crippen molar-refractivity contribution in [1.29, 1.82) is 0 Å². The minimum Gasteiger partial charge on any atom is -0.506 e. The van der Waals surface area contributed by atoms with Crippen molar-refractivity contribution in [3.63, 3.8) is 0 Å². The Balaban J connectivity index is 2.62. The number of rotatable bonds is 5. The van der Waals surface area contributed by atoms with Crippen molar-refractivity contribution >= 4 is 49.0 Å². The summed E-state index contributed by atoms with van der Waals surface area (Å²) in [6, 6.07) is 3.87. The highest BCUT2D eigenvalue weighted by Crippen LogP contribution is 2.37. The Morgan fingerprint density at radius 3 is 2.35 bits per heavy atom. The standard InChI is InChI=1S/C14H9BrClNO8S/c15-7-2-9(14(20)21)13(19)11(3-7)26(24,25)5-6-1-8(16)4-10(12(6)18)17(22)23/h1-4,18-19H,5H2,(H,20,21). The second kappa shape index (κ2) is 7.09. The number of nitrogens with zero attached hydrogens (tertiary/aromatic N) is 1. The summed E-state index contributed by atoms with van der Waals surface area (Å²) in [5.74, 6) is -4.39. The van der Waals surface area contributed by atoms with Crippen LogP contribution in [0.25, 0.3) is 0 Å². The fourth-order valence-corrected chi connectivity index (χ4v) is 4.49. The molecule has 0 atom stereocenters. The van der Waals surface area contributed by atoms with Crippen LogP contribution in [0.3, 0.4) is 0 Å². The first kappa shape index (κ1) is 19.9. The van der Waals surface area contributed by atoms with Gasteiger partial charge in [-0.05, 0) is 18.2 Å². The van der Waals surface area contributed by atoms with Gasteiger partial charge in [-0.1, -0.05) is 27.5 Å². The van der Waals surface area contributed by atoms with Crippen LogP contribution >= 0.6 is 27.5 Å². The third-order valence-electron chi connectivity index (χ3n) is 3.28. The van der Waals surface area contributed by atoms with Crippen molar-refractivity contribution in [3.8, 4) is 11.5 Å². The van der Waals surface area contributed by atoms with Crippen LogP contribution in [0.15, 0.2) is 33.6 Å². The first-order chi connectivity index (χ1) is 11.9. The molecular weight excluding hydrogens is 458 g/mol. The summed E-state index contributed by atoms with van der Waals surface area (Å²) in [6.07, 6.45) is 0. The molecule has 0 aliphatic rings. The van der Waals surface area contributed by atoms with Gasteiger partial charge in [-0.25, -0.2) is 13.2 Å². The van der Waals surface area contributed by atoms with Gasteiger partial charge in [0.05, 0.1) is 10.7 Å². The first-order valence-electron chi connectivity index (χ1n) is 6.58. The number of carboxylic acids is 1. The number of carboxylic acid groups (broad SMARTS) is 1. The van der Waals surface area contributed by atoms with Gasteiger partial charge in [0.25, 0.3) is 0 Å². The molecule has 0 aliphatic heterocycles. The molecule has 2 aromatic carbocycles. The number of carbonyl (C=O) groups is 1. The van der Waals surface area contributed by atoms with E-state index in [4.69, 9.17) is 16.7 Å². The second-order valence-corrected chi connectivity index (χ2v) is 8.36. The number of phenolic OH excluding ortho intramolecular Hbond substituents is 1. The molecule has 0 spiro atoms. The summed E-state index contributed by atoms with van der Waals surface area (Å²) in [4.78, 5) is 20.4. The average molecular weight is 467 g/mol. The zero-order valence-corrected chi connectivity index (χ0v) is 15.7. The fourth-order valence-electron chi connectivity index (χ4n) is 2.15. The van der Waals surface area contributed by atoms with Crippen LogP contribution in [-0.4, -0.2) is 34.6 Å². The predicted molar refractivity (Wildman–Crippen MR) is 93.4 cm³/mol. The van der Waals surface area contributed by atoms with Crippen LogP contribution in [0, 0.1) is 10.1 Å². The molecule has 0 saturated carbocycles. The number of sulfone groups is 1. The van der Waals surface area contributed by atoms with Gasteiger partial charge in [-0.3, -0.25) is 10.1 Å². The van der Waals surface area contributed by atoms with Crippen molar-refractivity contribution in [2.24, 2.45) is 0 Å². The van der Waals surface area contributed by atoms with Gasteiger partial charge in [-0.2, -0.15) is 0 Å². The molecule has 0 unspecified atom stereocenters. The number of nitro groups is 1. The Bertz CT molecular complexity index is 1040. The zero-order chi connectivity index (χ0) is 19.8. The monoisotopic (exact) mass is 465 g/mol. The van der Waals surface area contributed by atoms with Crippen LogP contribution < -0.4 is 0 Å². The number of nitro benzene ring substituents is 1. The fraction of sp³-hybridized carbons (Fsp3) is 0.0714. The Hall–Kier alpha value is -2.37. The van der Waals surface area contributed by atoms with Crippen molar-refractivity contribution in [1.82, 2.24) is 0 Å². The minimum absolute atomic E-state index is 0.0765. The topological polar surface area (TPSA) is 155 Å². The summed E-state index contributed by atoms with van der Waals surface area (Å²) in [7, 11) is -4.39. The molecule has 3 N–H and O–H groups in total. The van der Waals surface area contributed by atoms with Gasteiger partial charge in [0.1, 0.15) is 16.2 Å². The maximum Gasteiger partial charge on any atom is 0.339 e. The van der Waals surface area contributed by atoms with Gasteiger partial charge in [0.2, 0.25) is 0 Å². The van der Waals surface area contributed by atoms with Crippen molar-refractivity contribution in [2.75, 3.05) is 0 Å². The van der Waals surface area contributed by atoms with Crippen LogP contribution in [0.1, 0.15) is 15.9 Å². The van der Waals surface area contributed by atoms with Crippen LogP contribution in [0.4, 0.5) is 5.69 Å². The highest BCUT2D eigenvalue weighted by Gasteiger charge is 2.28. The smallest absolute Gasteiger partial charge is 0.339 e. The van der Waals surface area contributed by atoms with E-state index in [1.54, 1.807) is 0 Å². The number of aromatic hydroxyl groups is 2. The molecule has 0 amide bonds. The number of hydrogen-bond donors (Lipinski definition) is 3. The van der Waals surface area contributed by atoms with Crippen LogP contribution in [0.5, 0.6) is 11.5 Å². The zero-order valence-electron chi connectivity index (χ0n) is 12.5. The molecule has 0 aromatic heterocycles. The van der Waals surface area contributed by atoms with E-state index in [1.807, 2.05) is 0 Å². The van der Waals surface area contributed by atoms with Crippen molar-refractivity contribution in [3.05, 3.63) is 55.0 Å². The van der Waals surface area contributed by atoms with Gasteiger partial charge < -0.3 is 15.3 Å². The molecule has 26 heavy (non-hydrogen) atoms. The molecule has 0 aliphatic carbocycles. The third-order valence-corrected chi connectivity index (χ3v) is 5.63. The van der Waals surface area contributed by atoms with Crippen LogP contribution in [0.2, 0.25) is 5.02 Å². The maximum absolute atomic E-state index is 12.6. The third kappa shape index (κ3) is 3.89. The lowest BCUT2D eigenvalue weighted by Gasteiger charge is -2.11. The molecule has 138 valence electrons. The lowest BCUT2D eigenvalue weighted by Crippen LogP contribution is -2.09. The Labute approximate surface area is 159 Å². The lowest BCUT2D eigenvalue weighted by atomic mass is 10.2. The molecule has 9 nitrogen and oxygen atoms in total. The second-order valence-electron chi connectivity index (χ2n) is 5.05. The lowest BCUT2D eigenvalue weighted by molar-refractivity contribution is -0.385. The van der Waals surface area contributed by atoms with E-state index in [1.165, 1.54) is 0 Å². The number of aromatic carboxylic acids is 1. The SMILES string of the molecule is O=C(O)c1cc(Br)cc(S(=O)(=O)Cc2cc(Cl)cc([N+](=O)[O-])c2O)c1O. The number of halogens is 2. The van der Waals surface area contributed by atoms with E-state index in [-0.39, 0.29) is 15.1 Å². The molecule has 2 aromatic rings. The van der Waals surface area contributed by atoms with E-state index in [0.717, 1.165) is 24.3 Å². The molecule has 0 heterocycles. The molecule has 0 saturated heterocycles. The normalized spacial score (nSPS) is 11.3. The molecule has 0 bridgehead atoms. The van der Waals surface area contributed by atoms with Gasteiger partial charge in [0, 0.05) is 21.1 Å². The van der Waals surface area contributed by atoms with Crippen molar-refractivity contribution in [2.45, 2.75) is 10.6 Å². The summed E-state index contributed by atoms with van der Waals surface area (Å²) in [6.45, 7) is 0. The molecule has 12 heteroatoms. The van der Waals surface area contributed by atoms with Gasteiger partial charge in [0.15, 0.2) is 15.6 Å². The van der Waals surface area contributed by atoms with Crippen LogP contribution in [-0.2, 0) is 15.6 Å². The Morgan fingerprint density at radius 1 is 1.19 bits per heavy atom. The molecule has 0 fully saturated rings. The Kier molecular flexibility index (Phi) is 5.44. The summed E-state index contributed by atoms with van der Waals surface area (Å²) < 4.78 is 25.3. The highest BCUT2D eigenvalue weighted by atomic mass is 79.9. The van der Waals surface area contributed by atoms with E-state index in [9.17, 15) is 33.5 Å². The van der Waals surface area contributed by atoms with E-state index >= 15 is 0 Å². The van der Waals surface area contributed by atoms with Crippen molar-refractivity contribution < 1.29 is 33.5 Å². The summed E-state index contributed by atoms with van der Waals surface area (Å²) in [5, 5.41) is 39.7. The van der Waals surface area contributed by atoms with Gasteiger partial charge >= 0.3 is 11.7 Å². The molecule has 0 radical (unpaired) electrons. The number of hydrogen-bond acceptors (Lipinski definition) is 7. The predicted octanol–water partition coefficient (Wildman–Crippen LogP) is 3.09. The quantitative estimate of drug-likeness (QED) is 0.448. The highest BCUT2D eigenvalue weighted by molar-refractivity contribution is 9.10. The largest absolute Gasteiger partial charge is 0.506 e. The first-order valence-corrected chi connectivity index (χ1v) is 9.40. The van der Waals surface area contributed by atoms with E-state index < -0.39 is 54.1 Å². The minimum atomic E-state index is -4.39. The molecule has 2 rings (SSSR count). The van der Waals surface area contributed by atoms with E-state index in [2.05, 4.69) is 15.9 Å². The number of benzene rings is 2. The number of phenols is 2. The summed E-state index contributed by atoms with van der Waals surface area (Å²) >= 11 is 8.67. The average Bonchev–Trinajstić information content (AvgIpc) is 2.51. The molecular formula is C14H9BrClNO8S. The summed E-state index contributed by atoms with van der Waals surface area (Å²) in [5.41, 5.74) is -1.81. The maximum atomic E-state index is 12.6. The van der Waals surface area contributed by atoms with E-state index in [0.29, 0.717) is 0 Å². The van der Waals surface area contributed by atoms with Gasteiger partial charge in [-0.15, -0.1) is 0 Å².